The molecule has 6 heteroatoms. The fourth-order valence-electron chi connectivity index (χ4n) is 2.81. The van der Waals surface area contributed by atoms with Crippen molar-refractivity contribution < 1.29 is 24.2 Å². The number of carboxylic acids is 1. The number of ether oxygens (including phenoxy) is 2. The Balaban J connectivity index is 2.73. The number of amides is 1. The van der Waals surface area contributed by atoms with Gasteiger partial charge in [0.2, 0.25) is 5.91 Å². The third kappa shape index (κ3) is 4.45. The molecule has 0 heterocycles. The summed E-state index contributed by atoms with van der Waals surface area (Å²) in [4.78, 5) is 25.5. The van der Waals surface area contributed by atoms with Crippen molar-refractivity contribution in [3.05, 3.63) is 0 Å². The van der Waals surface area contributed by atoms with Crippen LogP contribution in [0, 0.1) is 17.8 Å². The molecule has 6 nitrogen and oxygen atoms in total. The van der Waals surface area contributed by atoms with Crippen LogP contribution in [-0.2, 0) is 19.1 Å². The van der Waals surface area contributed by atoms with Crippen LogP contribution in [0.3, 0.4) is 0 Å². The maximum Gasteiger partial charge on any atom is 0.307 e. The van der Waals surface area contributed by atoms with Crippen LogP contribution in [-0.4, -0.2) is 62.4 Å². The summed E-state index contributed by atoms with van der Waals surface area (Å²) in [7, 11) is 3.16. The van der Waals surface area contributed by atoms with Gasteiger partial charge in [-0.15, -0.1) is 0 Å². The summed E-state index contributed by atoms with van der Waals surface area (Å²) in [5.41, 5.74) is 0. The zero-order chi connectivity index (χ0) is 15.1. The molecule has 20 heavy (non-hydrogen) atoms. The fourth-order valence-corrected chi connectivity index (χ4v) is 2.81. The number of carbonyl (C=O) groups is 2. The summed E-state index contributed by atoms with van der Waals surface area (Å²) in [6, 6.07) is 0. The van der Waals surface area contributed by atoms with Gasteiger partial charge in [0.05, 0.1) is 25.0 Å². The lowest BCUT2D eigenvalue weighted by Gasteiger charge is -2.27. The molecule has 1 saturated carbocycles. The number of methoxy groups -OCH3 is 2. The van der Waals surface area contributed by atoms with Gasteiger partial charge in [0, 0.05) is 27.3 Å². The quantitative estimate of drug-likeness (QED) is 0.716. The van der Waals surface area contributed by atoms with E-state index in [9.17, 15) is 14.7 Å². The number of nitrogens with zero attached hydrogens (tertiary/aromatic N) is 1. The number of carbonyl (C=O) groups excluding carboxylic acids is 1. The van der Waals surface area contributed by atoms with Crippen molar-refractivity contribution in [2.75, 3.05) is 40.5 Å². The molecule has 0 saturated heterocycles. The predicted octanol–water partition coefficient (Wildman–Crippen LogP) is 0.855. The fraction of sp³-hybridized carbons (Fsp3) is 0.857. The highest BCUT2D eigenvalue weighted by Gasteiger charge is 2.42. The second-order valence-corrected chi connectivity index (χ2v) is 5.44. The van der Waals surface area contributed by atoms with E-state index in [4.69, 9.17) is 9.47 Å². The Morgan fingerprint density at radius 1 is 1.10 bits per heavy atom. The van der Waals surface area contributed by atoms with Gasteiger partial charge >= 0.3 is 5.97 Å². The second-order valence-electron chi connectivity index (χ2n) is 5.44. The maximum atomic E-state index is 12.6. The van der Waals surface area contributed by atoms with Gasteiger partial charge in [-0.1, -0.05) is 6.92 Å². The zero-order valence-electron chi connectivity index (χ0n) is 12.5. The Morgan fingerprint density at radius 2 is 1.60 bits per heavy atom. The van der Waals surface area contributed by atoms with Crippen LogP contribution in [0.25, 0.3) is 0 Å². The van der Waals surface area contributed by atoms with E-state index in [1.165, 1.54) is 0 Å². The van der Waals surface area contributed by atoms with Crippen LogP contribution in [0.2, 0.25) is 0 Å². The molecule has 1 fully saturated rings. The molecule has 1 amide bonds. The van der Waals surface area contributed by atoms with Gasteiger partial charge in [0.15, 0.2) is 0 Å². The highest BCUT2D eigenvalue weighted by molar-refractivity contribution is 5.85. The van der Waals surface area contributed by atoms with Crippen molar-refractivity contribution in [1.82, 2.24) is 4.90 Å². The van der Waals surface area contributed by atoms with E-state index in [-0.39, 0.29) is 11.8 Å². The summed E-state index contributed by atoms with van der Waals surface area (Å²) in [6.07, 6.45) is 1.22. The molecule has 0 aliphatic heterocycles. The van der Waals surface area contributed by atoms with Crippen LogP contribution in [0.5, 0.6) is 0 Å². The van der Waals surface area contributed by atoms with Crippen LogP contribution in [0.15, 0.2) is 0 Å². The lowest BCUT2D eigenvalue weighted by atomic mass is 9.94. The van der Waals surface area contributed by atoms with Crippen LogP contribution < -0.4 is 0 Å². The van der Waals surface area contributed by atoms with Crippen molar-refractivity contribution in [2.45, 2.75) is 19.8 Å². The monoisotopic (exact) mass is 287 g/mol. The summed E-state index contributed by atoms with van der Waals surface area (Å²) in [6.45, 7) is 3.81. The van der Waals surface area contributed by atoms with Crippen LogP contribution in [0.4, 0.5) is 0 Å². The van der Waals surface area contributed by atoms with E-state index in [1.807, 2.05) is 6.92 Å². The van der Waals surface area contributed by atoms with Crippen molar-refractivity contribution in [2.24, 2.45) is 17.8 Å². The Labute approximate surface area is 120 Å². The highest BCUT2D eigenvalue weighted by Crippen LogP contribution is 2.37. The Bertz CT molecular complexity index is 326. The average Bonchev–Trinajstić information content (AvgIpc) is 2.80. The van der Waals surface area contributed by atoms with E-state index >= 15 is 0 Å². The number of hydrogen-bond donors (Lipinski definition) is 1. The first-order valence-corrected chi connectivity index (χ1v) is 7.00. The van der Waals surface area contributed by atoms with Crippen molar-refractivity contribution in [3.8, 4) is 0 Å². The lowest BCUT2D eigenvalue weighted by molar-refractivity contribution is -0.149. The van der Waals surface area contributed by atoms with Gasteiger partial charge < -0.3 is 19.5 Å². The zero-order valence-corrected chi connectivity index (χ0v) is 12.5. The van der Waals surface area contributed by atoms with Crippen LogP contribution >= 0.6 is 0 Å². The molecule has 0 bridgehead atoms. The maximum absolute atomic E-state index is 12.6. The minimum absolute atomic E-state index is 0.0872. The largest absolute Gasteiger partial charge is 0.481 e. The summed E-state index contributed by atoms with van der Waals surface area (Å²) in [5.74, 6) is -1.67. The van der Waals surface area contributed by atoms with Crippen molar-refractivity contribution in [1.29, 1.82) is 0 Å². The summed E-state index contributed by atoms with van der Waals surface area (Å²) in [5, 5.41) is 9.26. The molecule has 1 N–H and O–H groups in total. The van der Waals surface area contributed by atoms with Crippen LogP contribution in [0.1, 0.15) is 19.8 Å². The molecule has 0 aromatic rings. The first-order chi connectivity index (χ1) is 9.51. The number of carboxylic acid groups (broad SMARTS) is 1. The molecule has 0 radical (unpaired) electrons. The molecular weight excluding hydrogens is 262 g/mol. The third-order valence-electron chi connectivity index (χ3n) is 3.88. The predicted molar refractivity (Wildman–Crippen MR) is 73.3 cm³/mol. The first-order valence-electron chi connectivity index (χ1n) is 7.00. The topological polar surface area (TPSA) is 76.1 Å². The average molecular weight is 287 g/mol. The molecule has 0 aromatic heterocycles. The lowest BCUT2D eigenvalue weighted by Crippen LogP contribution is -2.42. The summed E-state index contributed by atoms with van der Waals surface area (Å²) >= 11 is 0. The van der Waals surface area contributed by atoms with E-state index in [0.29, 0.717) is 39.1 Å². The molecule has 0 spiro atoms. The van der Waals surface area contributed by atoms with Gasteiger partial charge in [-0.05, 0) is 18.8 Å². The molecule has 3 atom stereocenters. The Morgan fingerprint density at radius 3 is 2.05 bits per heavy atom. The smallest absolute Gasteiger partial charge is 0.307 e. The first kappa shape index (κ1) is 16.9. The van der Waals surface area contributed by atoms with Gasteiger partial charge in [0.1, 0.15) is 0 Å². The molecular formula is C14H25NO5. The van der Waals surface area contributed by atoms with E-state index in [2.05, 4.69) is 0 Å². The number of hydrogen-bond acceptors (Lipinski definition) is 4. The summed E-state index contributed by atoms with van der Waals surface area (Å²) < 4.78 is 10.0. The minimum atomic E-state index is -0.869. The van der Waals surface area contributed by atoms with E-state index < -0.39 is 17.8 Å². The SMILES string of the molecule is COCCN(CCOC)C(=O)C1CC(C)CC1C(=O)O. The van der Waals surface area contributed by atoms with Crippen molar-refractivity contribution in [3.63, 3.8) is 0 Å². The van der Waals surface area contributed by atoms with Gasteiger partial charge in [-0.3, -0.25) is 9.59 Å². The molecule has 3 unspecified atom stereocenters. The highest BCUT2D eigenvalue weighted by atomic mass is 16.5. The third-order valence-corrected chi connectivity index (χ3v) is 3.88. The number of rotatable bonds is 8. The molecule has 116 valence electrons. The van der Waals surface area contributed by atoms with E-state index in [0.717, 1.165) is 0 Å². The Kier molecular flexibility index (Phi) is 6.95. The normalized spacial score (nSPS) is 25.6. The molecule has 1 rings (SSSR count). The van der Waals surface area contributed by atoms with Gasteiger partial charge in [-0.2, -0.15) is 0 Å². The van der Waals surface area contributed by atoms with Gasteiger partial charge in [-0.25, -0.2) is 0 Å². The van der Waals surface area contributed by atoms with Crippen molar-refractivity contribution >= 4 is 11.9 Å². The standard InChI is InChI=1S/C14H25NO5/c1-10-8-11(12(9-10)14(17)18)13(16)15(4-6-19-2)5-7-20-3/h10-12H,4-9H2,1-3H3,(H,17,18). The Hall–Kier alpha value is -1.14. The molecule has 1 aliphatic carbocycles. The minimum Gasteiger partial charge on any atom is -0.481 e. The molecule has 1 aliphatic rings. The second kappa shape index (κ2) is 8.21. The number of aliphatic carboxylic acids is 1. The molecule has 0 aromatic carbocycles. The van der Waals surface area contributed by atoms with E-state index in [1.54, 1.807) is 19.1 Å². The van der Waals surface area contributed by atoms with Gasteiger partial charge in [0.25, 0.3) is 0 Å².